The molecule has 0 aliphatic carbocycles. The van der Waals surface area contributed by atoms with Crippen molar-refractivity contribution in [2.75, 3.05) is 6.61 Å². The smallest absolute Gasteiger partial charge is 0.164 e. The van der Waals surface area contributed by atoms with Gasteiger partial charge in [-0.3, -0.25) is 4.99 Å². The zero-order valence-electron chi connectivity index (χ0n) is 12.4. The van der Waals surface area contributed by atoms with Crippen LogP contribution in [0.3, 0.4) is 0 Å². The number of nitrogens with zero attached hydrogens (tertiary/aromatic N) is 2. The quantitative estimate of drug-likeness (QED) is 0.866. The van der Waals surface area contributed by atoms with Crippen molar-refractivity contribution in [3.63, 3.8) is 0 Å². The van der Waals surface area contributed by atoms with E-state index in [2.05, 4.69) is 11.1 Å². The molecule has 2 aliphatic rings. The zero-order chi connectivity index (χ0) is 16.1. The number of hydrogen-bond acceptors (Lipinski definition) is 4. The number of halogens is 2. The molecule has 0 saturated carbocycles. The second-order valence-corrected chi connectivity index (χ2v) is 6.29. The molecule has 0 unspecified atom stereocenters. The summed E-state index contributed by atoms with van der Waals surface area (Å²) in [6.45, 7) is 3.70. The number of nitriles is 1. The van der Waals surface area contributed by atoms with Crippen LogP contribution in [-0.2, 0) is 10.3 Å². The summed E-state index contributed by atoms with van der Waals surface area (Å²) in [5, 5.41) is 9.39. The third-order valence-electron chi connectivity index (χ3n) is 4.92. The third kappa shape index (κ3) is 1.85. The van der Waals surface area contributed by atoms with Crippen molar-refractivity contribution in [1.82, 2.24) is 0 Å². The maximum absolute atomic E-state index is 14.3. The topological polar surface area (TPSA) is 71.4 Å². The molecule has 0 spiro atoms. The van der Waals surface area contributed by atoms with E-state index in [-0.39, 0.29) is 30.0 Å². The maximum atomic E-state index is 14.3. The van der Waals surface area contributed by atoms with Crippen LogP contribution in [-0.4, -0.2) is 18.5 Å². The second-order valence-electron chi connectivity index (χ2n) is 6.29. The molecule has 1 aromatic rings. The number of hydrogen-bond donors (Lipinski definition) is 1. The van der Waals surface area contributed by atoms with Crippen LogP contribution in [0.15, 0.2) is 23.2 Å². The highest BCUT2D eigenvalue weighted by Crippen LogP contribution is 2.51. The molecule has 1 fully saturated rings. The number of fused-ring (bicyclic) bond motifs is 1. The molecule has 4 atom stereocenters. The molecule has 0 radical (unpaired) electrons. The minimum absolute atomic E-state index is 0.126. The lowest BCUT2D eigenvalue weighted by atomic mass is 9.67. The van der Waals surface area contributed by atoms with Crippen molar-refractivity contribution in [1.29, 1.82) is 5.26 Å². The highest BCUT2D eigenvalue weighted by Gasteiger charge is 2.57. The fraction of sp³-hybridized carbons (Fsp3) is 0.500. The van der Waals surface area contributed by atoms with Gasteiger partial charge in [-0.15, -0.1) is 0 Å². The number of amidine groups is 1. The lowest BCUT2D eigenvalue weighted by Crippen LogP contribution is -2.49. The van der Waals surface area contributed by atoms with E-state index >= 15 is 0 Å². The van der Waals surface area contributed by atoms with Gasteiger partial charge in [0, 0.05) is 11.5 Å². The van der Waals surface area contributed by atoms with Gasteiger partial charge in [0.15, 0.2) is 11.6 Å². The minimum Gasteiger partial charge on any atom is -0.386 e. The second kappa shape index (κ2) is 4.75. The molecule has 4 nitrogen and oxygen atoms in total. The SMILES string of the molecule is C[C@H]1OC[C@]2(c3cccc(F)c3F)N=C(N)[C@@](C)(C#N)C[C@H]12. The predicted octanol–water partition coefficient (Wildman–Crippen LogP) is 2.49. The van der Waals surface area contributed by atoms with Crippen molar-refractivity contribution < 1.29 is 13.5 Å². The van der Waals surface area contributed by atoms with Gasteiger partial charge in [0.1, 0.15) is 16.8 Å². The van der Waals surface area contributed by atoms with Crippen LogP contribution >= 0.6 is 0 Å². The summed E-state index contributed by atoms with van der Waals surface area (Å²) < 4.78 is 33.7. The summed E-state index contributed by atoms with van der Waals surface area (Å²) >= 11 is 0. The molecular formula is C16H17F2N3O. The monoisotopic (exact) mass is 305 g/mol. The zero-order valence-corrected chi connectivity index (χ0v) is 12.4. The van der Waals surface area contributed by atoms with E-state index in [4.69, 9.17) is 10.5 Å². The molecule has 1 saturated heterocycles. The van der Waals surface area contributed by atoms with E-state index in [1.165, 1.54) is 12.1 Å². The van der Waals surface area contributed by atoms with Crippen LogP contribution in [0.2, 0.25) is 0 Å². The molecule has 0 bridgehead atoms. The van der Waals surface area contributed by atoms with E-state index in [9.17, 15) is 14.0 Å². The highest BCUT2D eigenvalue weighted by molar-refractivity contribution is 5.90. The fourth-order valence-corrected chi connectivity index (χ4v) is 3.48. The van der Waals surface area contributed by atoms with Crippen molar-refractivity contribution in [2.24, 2.45) is 22.1 Å². The summed E-state index contributed by atoms with van der Waals surface area (Å²) in [5.41, 5.74) is 4.15. The standard InChI is InChI=1S/C16H17F2N3O/c1-9-11-6-15(2,7-19)14(20)21-16(11,8-22-9)10-4-3-5-12(17)13(10)18/h3-5,9,11H,6,8H2,1-2H3,(H2,20,21)/t9-,11-,15-,16-/m1/s1. The van der Waals surface area contributed by atoms with Crippen LogP contribution in [0.5, 0.6) is 0 Å². The van der Waals surface area contributed by atoms with Gasteiger partial charge in [0.2, 0.25) is 0 Å². The molecule has 0 aromatic heterocycles. The Morgan fingerprint density at radius 2 is 2.18 bits per heavy atom. The Bertz CT molecular complexity index is 699. The first-order valence-corrected chi connectivity index (χ1v) is 7.17. The number of rotatable bonds is 1. The summed E-state index contributed by atoms with van der Waals surface area (Å²) in [5.74, 6) is -1.94. The van der Waals surface area contributed by atoms with Crippen molar-refractivity contribution in [2.45, 2.75) is 31.9 Å². The van der Waals surface area contributed by atoms with Crippen LogP contribution in [0.25, 0.3) is 0 Å². The third-order valence-corrected chi connectivity index (χ3v) is 4.92. The van der Waals surface area contributed by atoms with Gasteiger partial charge in [-0.05, 0) is 26.3 Å². The molecule has 2 heterocycles. The van der Waals surface area contributed by atoms with Crippen molar-refractivity contribution in [3.8, 4) is 6.07 Å². The van der Waals surface area contributed by atoms with Crippen molar-refractivity contribution in [3.05, 3.63) is 35.4 Å². The van der Waals surface area contributed by atoms with Gasteiger partial charge in [-0.2, -0.15) is 5.26 Å². The normalized spacial score (nSPS) is 37.3. The van der Waals surface area contributed by atoms with Gasteiger partial charge in [0.05, 0.1) is 18.8 Å². The van der Waals surface area contributed by atoms with Crippen LogP contribution in [0, 0.1) is 34.3 Å². The molecular weight excluding hydrogens is 288 g/mol. The van der Waals surface area contributed by atoms with Crippen LogP contribution in [0.1, 0.15) is 25.8 Å². The van der Waals surface area contributed by atoms with E-state index in [0.29, 0.717) is 6.42 Å². The first kappa shape index (κ1) is 14.9. The molecule has 2 aliphatic heterocycles. The van der Waals surface area contributed by atoms with Gasteiger partial charge >= 0.3 is 0 Å². The minimum atomic E-state index is -1.06. The van der Waals surface area contributed by atoms with Gasteiger partial charge in [-0.1, -0.05) is 12.1 Å². The van der Waals surface area contributed by atoms with E-state index in [1.807, 2.05) is 6.92 Å². The van der Waals surface area contributed by atoms with Crippen LogP contribution < -0.4 is 5.73 Å². The number of benzene rings is 1. The highest BCUT2D eigenvalue weighted by atomic mass is 19.2. The molecule has 22 heavy (non-hydrogen) atoms. The summed E-state index contributed by atoms with van der Waals surface area (Å²) in [4.78, 5) is 4.46. The first-order valence-electron chi connectivity index (χ1n) is 7.17. The average Bonchev–Trinajstić information content (AvgIpc) is 2.80. The Hall–Kier alpha value is -2.00. The van der Waals surface area contributed by atoms with Gasteiger partial charge in [0.25, 0.3) is 0 Å². The molecule has 6 heteroatoms. The van der Waals surface area contributed by atoms with Gasteiger partial charge in [-0.25, -0.2) is 8.78 Å². The Morgan fingerprint density at radius 1 is 1.45 bits per heavy atom. The summed E-state index contributed by atoms with van der Waals surface area (Å²) in [6.07, 6.45) is 0.183. The molecule has 1 aromatic carbocycles. The molecule has 0 amide bonds. The average molecular weight is 305 g/mol. The van der Waals surface area contributed by atoms with E-state index in [1.54, 1.807) is 6.92 Å². The molecule has 2 N–H and O–H groups in total. The van der Waals surface area contributed by atoms with E-state index in [0.717, 1.165) is 6.07 Å². The first-order chi connectivity index (χ1) is 10.3. The summed E-state index contributed by atoms with van der Waals surface area (Å²) in [6, 6.07) is 6.21. The molecule has 116 valence electrons. The Kier molecular flexibility index (Phi) is 3.22. The largest absolute Gasteiger partial charge is 0.386 e. The fourth-order valence-electron chi connectivity index (χ4n) is 3.48. The Balaban J connectivity index is 2.23. The Morgan fingerprint density at radius 3 is 2.86 bits per heavy atom. The van der Waals surface area contributed by atoms with Crippen molar-refractivity contribution >= 4 is 5.84 Å². The van der Waals surface area contributed by atoms with Crippen LogP contribution in [0.4, 0.5) is 8.78 Å². The lowest BCUT2D eigenvalue weighted by Gasteiger charge is -2.41. The predicted molar refractivity (Wildman–Crippen MR) is 76.9 cm³/mol. The number of nitrogens with two attached hydrogens (primary N) is 1. The maximum Gasteiger partial charge on any atom is 0.164 e. The number of ether oxygens (including phenoxy) is 1. The van der Waals surface area contributed by atoms with Gasteiger partial charge < -0.3 is 10.5 Å². The summed E-state index contributed by atoms with van der Waals surface area (Å²) in [7, 11) is 0. The van der Waals surface area contributed by atoms with E-state index < -0.39 is 22.6 Å². The molecule has 3 rings (SSSR count). The Labute approximate surface area is 127 Å². The number of aliphatic imine (C=N–C) groups is 1. The lowest BCUT2D eigenvalue weighted by molar-refractivity contribution is 0.0996.